The molecule has 0 saturated heterocycles. The van der Waals surface area contributed by atoms with Crippen LogP contribution in [0, 0.1) is 0 Å². The quantitative estimate of drug-likeness (QED) is 0.895. The van der Waals surface area contributed by atoms with E-state index < -0.39 is 0 Å². The van der Waals surface area contributed by atoms with Crippen LogP contribution >= 0.6 is 11.6 Å². The molecule has 2 rings (SSSR count). The van der Waals surface area contributed by atoms with Gasteiger partial charge in [-0.25, -0.2) is 0 Å². The summed E-state index contributed by atoms with van der Waals surface area (Å²) in [4.78, 5) is 11.4. The van der Waals surface area contributed by atoms with Crippen LogP contribution < -0.4 is 5.32 Å². The lowest BCUT2D eigenvalue weighted by molar-refractivity contribution is -0.121. The van der Waals surface area contributed by atoms with Crippen LogP contribution in [0.3, 0.4) is 0 Å². The summed E-state index contributed by atoms with van der Waals surface area (Å²) in [7, 11) is 1.96. The van der Waals surface area contributed by atoms with Crippen molar-refractivity contribution in [2.45, 2.75) is 31.1 Å². The molecule has 0 radical (unpaired) electrons. The summed E-state index contributed by atoms with van der Waals surface area (Å²) >= 11 is 6.07. The topological polar surface area (TPSA) is 29.1 Å². The van der Waals surface area contributed by atoms with E-state index in [-0.39, 0.29) is 5.41 Å². The summed E-state index contributed by atoms with van der Waals surface area (Å²) in [6, 6.07) is 8.05. The van der Waals surface area contributed by atoms with Crippen molar-refractivity contribution < 1.29 is 4.79 Å². The van der Waals surface area contributed by atoms with Gasteiger partial charge in [0.05, 0.1) is 0 Å². The third-order valence-electron chi connectivity index (χ3n) is 3.72. The summed E-state index contributed by atoms with van der Waals surface area (Å²) < 4.78 is 0. The average molecular weight is 252 g/mol. The van der Waals surface area contributed by atoms with Gasteiger partial charge >= 0.3 is 0 Å². The third-order valence-corrected chi connectivity index (χ3v) is 3.95. The number of hydrogen-bond acceptors (Lipinski definition) is 2. The van der Waals surface area contributed by atoms with E-state index in [0.717, 1.165) is 24.4 Å². The Labute approximate surface area is 107 Å². The number of hydrogen-bond donors (Lipinski definition) is 1. The first kappa shape index (κ1) is 12.6. The van der Waals surface area contributed by atoms with Gasteiger partial charge in [0.2, 0.25) is 0 Å². The lowest BCUT2D eigenvalue weighted by Crippen LogP contribution is -2.40. The van der Waals surface area contributed by atoms with E-state index in [0.29, 0.717) is 18.6 Å². The minimum Gasteiger partial charge on any atom is -0.319 e. The predicted octanol–water partition coefficient (Wildman–Crippen LogP) is 2.94. The molecule has 0 aromatic heterocycles. The molecule has 0 atom stereocenters. The fourth-order valence-electron chi connectivity index (χ4n) is 2.73. The molecule has 0 unspecified atom stereocenters. The van der Waals surface area contributed by atoms with Gasteiger partial charge in [0.25, 0.3) is 0 Å². The largest absolute Gasteiger partial charge is 0.319 e. The molecular formula is C14H18ClNO. The maximum atomic E-state index is 11.4. The lowest BCUT2D eigenvalue weighted by Gasteiger charge is -2.37. The van der Waals surface area contributed by atoms with Crippen molar-refractivity contribution in [3.05, 3.63) is 34.9 Å². The lowest BCUT2D eigenvalue weighted by atomic mass is 9.69. The van der Waals surface area contributed by atoms with Crippen LogP contribution in [0.4, 0.5) is 0 Å². The van der Waals surface area contributed by atoms with Gasteiger partial charge in [0.1, 0.15) is 5.78 Å². The summed E-state index contributed by atoms with van der Waals surface area (Å²) in [5.41, 5.74) is 1.33. The molecule has 92 valence electrons. The van der Waals surface area contributed by atoms with Crippen molar-refractivity contribution in [2.75, 3.05) is 13.6 Å². The van der Waals surface area contributed by atoms with Crippen LogP contribution in [0.15, 0.2) is 24.3 Å². The number of carbonyl (C=O) groups is 1. The third kappa shape index (κ3) is 2.70. The van der Waals surface area contributed by atoms with Gasteiger partial charge in [-0.15, -0.1) is 0 Å². The molecule has 1 fully saturated rings. The number of halogens is 1. The van der Waals surface area contributed by atoms with Crippen molar-refractivity contribution >= 4 is 17.4 Å². The SMILES string of the molecule is CNCC1(c2cccc(Cl)c2)CCC(=O)CC1. The second-order valence-electron chi connectivity index (χ2n) is 4.86. The molecule has 1 aromatic rings. The van der Waals surface area contributed by atoms with Gasteiger partial charge in [-0.1, -0.05) is 23.7 Å². The van der Waals surface area contributed by atoms with Crippen molar-refractivity contribution in [1.29, 1.82) is 0 Å². The molecule has 3 heteroatoms. The number of likely N-dealkylation sites (N-methyl/N-ethyl adjacent to an activating group) is 1. The molecule has 0 aliphatic heterocycles. The number of benzene rings is 1. The average Bonchev–Trinajstić information content (AvgIpc) is 2.33. The zero-order chi connectivity index (χ0) is 12.3. The highest BCUT2D eigenvalue weighted by Crippen LogP contribution is 2.38. The van der Waals surface area contributed by atoms with Crippen LogP contribution in [0.2, 0.25) is 5.02 Å². The Balaban J connectivity index is 2.30. The summed E-state index contributed by atoms with van der Waals surface area (Å²) in [6.45, 7) is 0.903. The van der Waals surface area contributed by atoms with E-state index in [4.69, 9.17) is 11.6 Å². The maximum absolute atomic E-state index is 11.4. The Morgan fingerprint density at radius 2 is 2.06 bits per heavy atom. The van der Waals surface area contributed by atoms with E-state index in [1.807, 2.05) is 25.2 Å². The smallest absolute Gasteiger partial charge is 0.132 e. The normalized spacial score (nSPS) is 19.3. The highest BCUT2D eigenvalue weighted by molar-refractivity contribution is 6.30. The molecule has 0 spiro atoms. The molecule has 0 heterocycles. The zero-order valence-corrected chi connectivity index (χ0v) is 10.9. The zero-order valence-electron chi connectivity index (χ0n) is 10.1. The standard InChI is InChI=1S/C14H18ClNO/c1-16-10-14(7-5-13(17)6-8-14)11-3-2-4-12(15)9-11/h2-4,9,16H,5-8,10H2,1H3. The molecule has 2 nitrogen and oxygen atoms in total. The minimum atomic E-state index is 0.0769. The minimum absolute atomic E-state index is 0.0769. The first-order valence-corrected chi connectivity index (χ1v) is 6.46. The highest BCUT2D eigenvalue weighted by atomic mass is 35.5. The number of rotatable bonds is 3. The predicted molar refractivity (Wildman–Crippen MR) is 70.5 cm³/mol. The number of carbonyl (C=O) groups excluding carboxylic acids is 1. The molecule has 1 N–H and O–H groups in total. The molecule has 17 heavy (non-hydrogen) atoms. The Bertz CT molecular complexity index is 406. The molecular weight excluding hydrogens is 234 g/mol. The monoisotopic (exact) mass is 251 g/mol. The van der Waals surface area contributed by atoms with Gasteiger partial charge in [0.15, 0.2) is 0 Å². The first-order valence-electron chi connectivity index (χ1n) is 6.09. The van der Waals surface area contributed by atoms with Gasteiger partial charge in [0, 0.05) is 29.8 Å². The summed E-state index contributed by atoms with van der Waals surface area (Å²) in [5.74, 6) is 0.388. The van der Waals surface area contributed by atoms with Crippen molar-refractivity contribution in [3.8, 4) is 0 Å². The van der Waals surface area contributed by atoms with Gasteiger partial charge in [-0.3, -0.25) is 4.79 Å². The van der Waals surface area contributed by atoms with E-state index in [2.05, 4.69) is 11.4 Å². The van der Waals surface area contributed by atoms with E-state index in [1.54, 1.807) is 0 Å². The molecule has 1 aliphatic carbocycles. The Hall–Kier alpha value is -0.860. The van der Waals surface area contributed by atoms with Crippen molar-refractivity contribution in [3.63, 3.8) is 0 Å². The second kappa shape index (κ2) is 5.19. The fourth-order valence-corrected chi connectivity index (χ4v) is 2.92. The van der Waals surface area contributed by atoms with Crippen LogP contribution in [0.25, 0.3) is 0 Å². The fraction of sp³-hybridized carbons (Fsp3) is 0.500. The Morgan fingerprint density at radius 1 is 1.35 bits per heavy atom. The number of nitrogens with one attached hydrogen (secondary N) is 1. The maximum Gasteiger partial charge on any atom is 0.132 e. The molecule has 0 amide bonds. The van der Waals surface area contributed by atoms with Crippen LogP contribution in [-0.4, -0.2) is 19.4 Å². The Morgan fingerprint density at radius 3 is 2.65 bits per heavy atom. The Kier molecular flexibility index (Phi) is 3.85. The second-order valence-corrected chi connectivity index (χ2v) is 5.30. The van der Waals surface area contributed by atoms with E-state index in [9.17, 15) is 4.79 Å². The van der Waals surface area contributed by atoms with Gasteiger partial charge in [-0.05, 0) is 37.6 Å². The van der Waals surface area contributed by atoms with Gasteiger partial charge in [-0.2, -0.15) is 0 Å². The van der Waals surface area contributed by atoms with E-state index in [1.165, 1.54) is 5.56 Å². The molecule has 1 aromatic carbocycles. The summed E-state index contributed by atoms with van der Waals surface area (Å²) in [5, 5.41) is 4.03. The summed E-state index contributed by atoms with van der Waals surface area (Å²) in [6.07, 6.45) is 3.22. The van der Waals surface area contributed by atoms with Crippen molar-refractivity contribution in [2.24, 2.45) is 0 Å². The number of Topliss-reactive ketones (excluding diaryl/α,β-unsaturated/α-hetero) is 1. The molecule has 0 bridgehead atoms. The van der Waals surface area contributed by atoms with E-state index >= 15 is 0 Å². The first-order chi connectivity index (χ1) is 8.16. The molecule has 1 aliphatic rings. The number of ketones is 1. The van der Waals surface area contributed by atoms with Crippen LogP contribution in [-0.2, 0) is 10.2 Å². The molecule has 1 saturated carbocycles. The van der Waals surface area contributed by atoms with Crippen molar-refractivity contribution in [1.82, 2.24) is 5.32 Å². The van der Waals surface area contributed by atoms with Gasteiger partial charge < -0.3 is 5.32 Å². The highest BCUT2D eigenvalue weighted by Gasteiger charge is 2.35. The van der Waals surface area contributed by atoms with Crippen LogP contribution in [0.5, 0.6) is 0 Å². The van der Waals surface area contributed by atoms with Crippen LogP contribution in [0.1, 0.15) is 31.2 Å².